The van der Waals surface area contributed by atoms with E-state index in [1.807, 2.05) is 12.1 Å². The molecule has 18 heavy (non-hydrogen) atoms. The highest BCUT2D eigenvalue weighted by Crippen LogP contribution is 2.37. The number of hydrogen-bond acceptors (Lipinski definition) is 2. The Labute approximate surface area is 115 Å². The molecule has 1 aliphatic heterocycles. The molecule has 1 aromatic carbocycles. The molecule has 0 aromatic heterocycles. The van der Waals surface area contributed by atoms with E-state index in [-0.39, 0.29) is 5.54 Å². The second-order valence-corrected chi connectivity index (χ2v) is 6.30. The largest absolute Gasteiger partial charge is 0.329 e. The SMILES string of the molecule is Cc1cc(Cl)ccc1C(CN)N1CCCC1(C)C. The third-order valence-corrected chi connectivity index (χ3v) is 4.39. The maximum absolute atomic E-state index is 6.04. The van der Waals surface area contributed by atoms with Gasteiger partial charge in [-0.1, -0.05) is 17.7 Å². The predicted octanol–water partition coefficient (Wildman–Crippen LogP) is 3.52. The number of halogens is 1. The molecule has 1 aliphatic rings. The summed E-state index contributed by atoms with van der Waals surface area (Å²) >= 11 is 6.04. The molecule has 0 bridgehead atoms. The van der Waals surface area contributed by atoms with Gasteiger partial charge in [0.15, 0.2) is 0 Å². The predicted molar refractivity (Wildman–Crippen MR) is 78.0 cm³/mol. The minimum atomic E-state index is 0.246. The maximum Gasteiger partial charge on any atom is 0.0478 e. The van der Waals surface area contributed by atoms with Gasteiger partial charge in [0, 0.05) is 23.1 Å². The summed E-state index contributed by atoms with van der Waals surface area (Å²) in [6.45, 7) is 8.54. The van der Waals surface area contributed by atoms with Crippen molar-refractivity contribution in [3.8, 4) is 0 Å². The molecular formula is C15H23ClN2. The van der Waals surface area contributed by atoms with Crippen molar-refractivity contribution in [2.75, 3.05) is 13.1 Å². The van der Waals surface area contributed by atoms with Gasteiger partial charge in [0.1, 0.15) is 0 Å². The second-order valence-electron chi connectivity index (χ2n) is 5.86. The fourth-order valence-corrected chi connectivity index (χ4v) is 3.37. The molecule has 2 N–H and O–H groups in total. The Morgan fingerprint density at radius 1 is 1.44 bits per heavy atom. The van der Waals surface area contributed by atoms with Crippen molar-refractivity contribution in [1.82, 2.24) is 4.90 Å². The molecule has 2 rings (SSSR count). The maximum atomic E-state index is 6.04. The van der Waals surface area contributed by atoms with Gasteiger partial charge in [0.05, 0.1) is 0 Å². The van der Waals surface area contributed by atoms with E-state index in [0.717, 1.165) is 11.6 Å². The summed E-state index contributed by atoms with van der Waals surface area (Å²) in [5, 5.41) is 0.799. The molecule has 100 valence electrons. The minimum absolute atomic E-state index is 0.246. The van der Waals surface area contributed by atoms with Crippen LogP contribution in [0.2, 0.25) is 5.02 Å². The molecule has 1 aromatic rings. The summed E-state index contributed by atoms with van der Waals surface area (Å²) in [6, 6.07) is 6.43. The van der Waals surface area contributed by atoms with Crippen molar-refractivity contribution in [3.63, 3.8) is 0 Å². The van der Waals surface area contributed by atoms with Gasteiger partial charge in [0.2, 0.25) is 0 Å². The third kappa shape index (κ3) is 2.56. The van der Waals surface area contributed by atoms with E-state index < -0.39 is 0 Å². The van der Waals surface area contributed by atoms with Crippen LogP contribution in [0.25, 0.3) is 0 Å². The van der Waals surface area contributed by atoms with Crippen LogP contribution < -0.4 is 5.73 Å². The second kappa shape index (κ2) is 5.20. The van der Waals surface area contributed by atoms with Crippen molar-refractivity contribution in [2.24, 2.45) is 5.73 Å². The first kappa shape index (κ1) is 13.9. The quantitative estimate of drug-likeness (QED) is 0.907. The van der Waals surface area contributed by atoms with Gasteiger partial charge >= 0.3 is 0 Å². The topological polar surface area (TPSA) is 29.3 Å². The Morgan fingerprint density at radius 3 is 2.67 bits per heavy atom. The van der Waals surface area contributed by atoms with Crippen LogP contribution >= 0.6 is 11.6 Å². The molecule has 2 nitrogen and oxygen atoms in total. The zero-order valence-electron chi connectivity index (χ0n) is 11.5. The van der Waals surface area contributed by atoms with E-state index in [1.54, 1.807) is 0 Å². The summed E-state index contributed by atoms with van der Waals surface area (Å²) in [7, 11) is 0. The fraction of sp³-hybridized carbons (Fsp3) is 0.600. The molecule has 1 heterocycles. The number of benzene rings is 1. The molecule has 3 heteroatoms. The lowest BCUT2D eigenvalue weighted by atomic mass is 9.95. The molecule has 0 saturated carbocycles. The van der Waals surface area contributed by atoms with E-state index in [0.29, 0.717) is 12.6 Å². The zero-order valence-corrected chi connectivity index (χ0v) is 12.3. The molecule has 1 atom stereocenters. The third-order valence-electron chi connectivity index (χ3n) is 4.16. The van der Waals surface area contributed by atoms with Crippen LogP contribution in [-0.2, 0) is 0 Å². The lowest BCUT2D eigenvalue weighted by molar-refractivity contribution is 0.119. The van der Waals surface area contributed by atoms with Gasteiger partial charge < -0.3 is 5.73 Å². The Kier molecular flexibility index (Phi) is 4.00. The van der Waals surface area contributed by atoms with Crippen molar-refractivity contribution in [2.45, 2.75) is 45.2 Å². The molecule has 0 radical (unpaired) electrons. The van der Waals surface area contributed by atoms with E-state index in [4.69, 9.17) is 17.3 Å². The number of likely N-dealkylation sites (tertiary alicyclic amines) is 1. The highest BCUT2D eigenvalue weighted by Gasteiger charge is 2.37. The van der Waals surface area contributed by atoms with Crippen LogP contribution in [0.4, 0.5) is 0 Å². The average Bonchev–Trinajstić information content (AvgIpc) is 2.63. The normalized spacial score (nSPS) is 21.2. The smallest absolute Gasteiger partial charge is 0.0478 e. The Balaban J connectivity index is 2.33. The Bertz CT molecular complexity index is 429. The molecule has 1 unspecified atom stereocenters. The molecule has 1 fully saturated rings. The van der Waals surface area contributed by atoms with Crippen LogP contribution in [-0.4, -0.2) is 23.5 Å². The van der Waals surface area contributed by atoms with Crippen LogP contribution in [0, 0.1) is 6.92 Å². The van der Waals surface area contributed by atoms with Crippen LogP contribution in [0.1, 0.15) is 43.9 Å². The molecular weight excluding hydrogens is 244 g/mol. The van der Waals surface area contributed by atoms with Crippen molar-refractivity contribution in [1.29, 1.82) is 0 Å². The summed E-state index contributed by atoms with van der Waals surface area (Å²) in [4.78, 5) is 2.54. The van der Waals surface area contributed by atoms with Crippen molar-refractivity contribution in [3.05, 3.63) is 34.3 Å². The molecule has 1 saturated heterocycles. The van der Waals surface area contributed by atoms with Gasteiger partial charge in [0.25, 0.3) is 0 Å². The number of aryl methyl sites for hydroxylation is 1. The van der Waals surface area contributed by atoms with E-state index in [1.165, 1.54) is 24.0 Å². The summed E-state index contributed by atoms with van der Waals surface area (Å²) in [6.07, 6.45) is 2.51. The van der Waals surface area contributed by atoms with Crippen molar-refractivity contribution < 1.29 is 0 Å². The van der Waals surface area contributed by atoms with Gasteiger partial charge in [-0.3, -0.25) is 4.90 Å². The van der Waals surface area contributed by atoms with Gasteiger partial charge in [-0.25, -0.2) is 0 Å². The highest BCUT2D eigenvalue weighted by molar-refractivity contribution is 6.30. The summed E-state index contributed by atoms with van der Waals surface area (Å²) < 4.78 is 0. The monoisotopic (exact) mass is 266 g/mol. The van der Waals surface area contributed by atoms with E-state index in [2.05, 4.69) is 31.7 Å². The molecule has 0 aliphatic carbocycles. The fourth-order valence-electron chi connectivity index (χ4n) is 3.14. The first-order valence-corrected chi connectivity index (χ1v) is 7.06. The summed E-state index contributed by atoms with van der Waals surface area (Å²) in [5.41, 5.74) is 8.84. The Hall–Kier alpha value is -0.570. The molecule has 0 amide bonds. The number of hydrogen-bond donors (Lipinski definition) is 1. The number of rotatable bonds is 3. The minimum Gasteiger partial charge on any atom is -0.329 e. The lowest BCUT2D eigenvalue weighted by Gasteiger charge is -2.38. The van der Waals surface area contributed by atoms with Gasteiger partial charge in [-0.05, 0) is 63.4 Å². The first-order chi connectivity index (χ1) is 8.45. The summed E-state index contributed by atoms with van der Waals surface area (Å²) in [5.74, 6) is 0. The zero-order chi connectivity index (χ0) is 13.3. The number of nitrogens with zero attached hydrogens (tertiary/aromatic N) is 1. The van der Waals surface area contributed by atoms with Crippen molar-refractivity contribution >= 4 is 11.6 Å². The van der Waals surface area contributed by atoms with Crippen LogP contribution in [0.15, 0.2) is 18.2 Å². The van der Waals surface area contributed by atoms with Crippen LogP contribution in [0.3, 0.4) is 0 Å². The van der Waals surface area contributed by atoms with E-state index in [9.17, 15) is 0 Å². The first-order valence-electron chi connectivity index (χ1n) is 6.68. The standard InChI is InChI=1S/C15H23ClN2/c1-11-9-12(16)5-6-13(11)14(10-17)18-8-4-7-15(18,2)3/h5-6,9,14H,4,7-8,10,17H2,1-3H3. The van der Waals surface area contributed by atoms with Gasteiger partial charge in [-0.15, -0.1) is 0 Å². The lowest BCUT2D eigenvalue weighted by Crippen LogP contribution is -2.43. The molecule has 0 spiro atoms. The van der Waals surface area contributed by atoms with Gasteiger partial charge in [-0.2, -0.15) is 0 Å². The number of nitrogens with two attached hydrogens (primary N) is 1. The van der Waals surface area contributed by atoms with Crippen LogP contribution in [0.5, 0.6) is 0 Å². The Morgan fingerprint density at radius 2 is 2.17 bits per heavy atom. The highest BCUT2D eigenvalue weighted by atomic mass is 35.5. The van der Waals surface area contributed by atoms with E-state index >= 15 is 0 Å². The average molecular weight is 267 g/mol.